The number of likely N-dealkylation sites (tertiary alicyclic amines) is 1. The van der Waals surface area contributed by atoms with Gasteiger partial charge in [0.1, 0.15) is 16.7 Å². The Morgan fingerprint density at radius 3 is 2.13 bits per heavy atom. The van der Waals surface area contributed by atoms with Crippen molar-refractivity contribution in [2.75, 3.05) is 13.1 Å². The van der Waals surface area contributed by atoms with Gasteiger partial charge in [-0.25, -0.2) is 9.59 Å². The minimum Gasteiger partial charge on any atom is -0.444 e. The number of nitrogens with one attached hydrogen (secondary N) is 1. The first-order valence-corrected chi connectivity index (χ1v) is 10.3. The molecule has 1 heterocycles. The van der Waals surface area contributed by atoms with Crippen molar-refractivity contribution in [3.8, 4) is 0 Å². The third kappa shape index (κ3) is 4.69. The predicted molar refractivity (Wildman–Crippen MR) is 118 cm³/mol. The lowest BCUT2D eigenvalue weighted by molar-refractivity contribution is -0.0227. The minimum absolute atomic E-state index is 0.315. The van der Waals surface area contributed by atoms with Gasteiger partial charge in [-0.15, -0.1) is 0 Å². The second-order valence-corrected chi connectivity index (χ2v) is 10.0. The monoisotopic (exact) mass is 412 g/mol. The summed E-state index contributed by atoms with van der Waals surface area (Å²) in [7, 11) is 0. The summed E-state index contributed by atoms with van der Waals surface area (Å²) >= 11 is 0. The number of carbonyl (C=O) groups excluding carboxylic acids is 2. The summed E-state index contributed by atoms with van der Waals surface area (Å²) in [5.41, 5.74) is 0.112. The Hall–Kier alpha value is -2.76. The van der Waals surface area contributed by atoms with Crippen LogP contribution in [0.4, 0.5) is 9.59 Å². The van der Waals surface area contributed by atoms with Gasteiger partial charge in [0, 0.05) is 0 Å². The van der Waals surface area contributed by atoms with Crippen molar-refractivity contribution in [2.45, 2.75) is 65.2 Å². The third-order valence-corrected chi connectivity index (χ3v) is 4.93. The van der Waals surface area contributed by atoms with Gasteiger partial charge in [0.25, 0.3) is 0 Å². The Bertz CT molecular complexity index is 963. The lowest BCUT2D eigenvalue weighted by Crippen LogP contribution is -2.69. The number of carbonyl (C=O) groups is 2. The van der Waals surface area contributed by atoms with Gasteiger partial charge in [0.2, 0.25) is 0 Å². The molecular weight excluding hydrogens is 380 g/mol. The van der Waals surface area contributed by atoms with Crippen molar-refractivity contribution in [3.05, 3.63) is 47.5 Å². The standard InChI is InChI=1S/C24H32N2O4/c1-16-12-13-17-10-8-9-11-18(17)19(16)24(25-20(27)29-22(2,3)4)14-26(15-24)21(28)30-23(5,6)7/h8-13H,14-15H2,1-7H3,(H,25,27). The van der Waals surface area contributed by atoms with E-state index in [1.165, 1.54) is 0 Å². The predicted octanol–water partition coefficient (Wildman–Crippen LogP) is 5.12. The molecule has 0 radical (unpaired) electrons. The Labute approximate surface area is 178 Å². The molecular formula is C24H32N2O4. The molecule has 1 N–H and O–H groups in total. The zero-order chi connectivity index (χ0) is 22.3. The van der Waals surface area contributed by atoms with Crippen LogP contribution in [-0.4, -0.2) is 41.4 Å². The van der Waals surface area contributed by atoms with Gasteiger partial charge in [-0.05, 0) is 70.4 Å². The van der Waals surface area contributed by atoms with Crippen LogP contribution in [0.2, 0.25) is 0 Å². The highest BCUT2D eigenvalue weighted by Gasteiger charge is 2.51. The van der Waals surface area contributed by atoms with E-state index in [9.17, 15) is 9.59 Å². The first-order valence-electron chi connectivity index (χ1n) is 10.3. The zero-order valence-electron chi connectivity index (χ0n) is 19.0. The average Bonchev–Trinajstić information content (AvgIpc) is 2.54. The zero-order valence-corrected chi connectivity index (χ0v) is 19.0. The van der Waals surface area contributed by atoms with Gasteiger partial charge in [-0.3, -0.25) is 0 Å². The highest BCUT2D eigenvalue weighted by molar-refractivity contribution is 5.89. The number of alkyl carbamates (subject to hydrolysis) is 1. The number of nitrogens with zero attached hydrogens (tertiary/aromatic N) is 1. The Morgan fingerprint density at radius 2 is 1.53 bits per heavy atom. The number of ether oxygens (including phenoxy) is 2. The van der Waals surface area contributed by atoms with Crippen LogP contribution in [0.15, 0.2) is 36.4 Å². The molecule has 0 saturated carbocycles. The van der Waals surface area contributed by atoms with Crippen molar-refractivity contribution >= 4 is 23.0 Å². The van der Waals surface area contributed by atoms with Crippen molar-refractivity contribution in [1.29, 1.82) is 0 Å². The second-order valence-electron chi connectivity index (χ2n) is 10.0. The number of aryl methyl sites for hydroxylation is 1. The maximum Gasteiger partial charge on any atom is 0.410 e. The molecule has 2 aromatic carbocycles. The quantitative estimate of drug-likeness (QED) is 0.743. The summed E-state index contributed by atoms with van der Waals surface area (Å²) in [5, 5.41) is 5.21. The Balaban J connectivity index is 1.98. The van der Waals surface area contributed by atoms with E-state index >= 15 is 0 Å². The largest absolute Gasteiger partial charge is 0.444 e. The summed E-state index contributed by atoms with van der Waals surface area (Å²) < 4.78 is 11.1. The molecule has 2 aromatic rings. The van der Waals surface area contributed by atoms with Gasteiger partial charge in [0.05, 0.1) is 13.1 Å². The van der Waals surface area contributed by atoms with E-state index in [2.05, 4.69) is 11.4 Å². The van der Waals surface area contributed by atoms with Crippen molar-refractivity contribution < 1.29 is 19.1 Å². The summed E-state index contributed by atoms with van der Waals surface area (Å²) in [6.07, 6.45) is -0.888. The van der Waals surface area contributed by atoms with E-state index in [1.54, 1.807) is 4.90 Å². The fraction of sp³-hybridized carbons (Fsp3) is 0.500. The van der Waals surface area contributed by atoms with Crippen LogP contribution < -0.4 is 5.32 Å². The topological polar surface area (TPSA) is 67.9 Å². The van der Waals surface area contributed by atoms with E-state index < -0.39 is 22.8 Å². The molecule has 6 heteroatoms. The molecule has 1 fully saturated rings. The highest BCUT2D eigenvalue weighted by Crippen LogP contribution is 2.39. The van der Waals surface area contributed by atoms with Gasteiger partial charge in [-0.2, -0.15) is 0 Å². The summed E-state index contributed by atoms with van der Waals surface area (Å²) in [4.78, 5) is 26.9. The molecule has 0 atom stereocenters. The lowest BCUT2D eigenvalue weighted by atomic mass is 9.77. The molecule has 162 valence electrons. The Morgan fingerprint density at radius 1 is 0.933 bits per heavy atom. The number of rotatable bonds is 2. The van der Waals surface area contributed by atoms with E-state index in [4.69, 9.17) is 9.47 Å². The molecule has 1 aliphatic rings. The molecule has 0 unspecified atom stereocenters. The average molecular weight is 413 g/mol. The summed E-state index contributed by atoms with van der Waals surface area (Å²) in [6.45, 7) is 13.7. The summed E-state index contributed by atoms with van der Waals surface area (Å²) in [5.74, 6) is 0. The molecule has 30 heavy (non-hydrogen) atoms. The fourth-order valence-electron chi connectivity index (χ4n) is 3.88. The van der Waals surface area contributed by atoms with Crippen LogP contribution in [0, 0.1) is 6.92 Å². The normalized spacial score (nSPS) is 16.0. The van der Waals surface area contributed by atoms with E-state index in [-0.39, 0.29) is 6.09 Å². The molecule has 1 aliphatic heterocycles. The molecule has 6 nitrogen and oxygen atoms in total. The van der Waals surface area contributed by atoms with Crippen molar-refractivity contribution in [2.24, 2.45) is 0 Å². The minimum atomic E-state index is -0.746. The first kappa shape index (κ1) is 21.9. The molecule has 0 spiro atoms. The molecule has 2 amide bonds. The van der Waals surface area contributed by atoms with Crippen LogP contribution in [0.1, 0.15) is 52.7 Å². The highest BCUT2D eigenvalue weighted by atomic mass is 16.6. The number of hydrogen-bond acceptors (Lipinski definition) is 4. The van der Waals surface area contributed by atoms with Crippen LogP contribution >= 0.6 is 0 Å². The smallest absolute Gasteiger partial charge is 0.410 e. The number of fused-ring (bicyclic) bond motifs is 1. The lowest BCUT2D eigenvalue weighted by Gasteiger charge is -2.51. The summed E-state index contributed by atoms with van der Waals surface area (Å²) in [6, 6.07) is 12.2. The molecule has 3 rings (SSSR count). The maximum absolute atomic E-state index is 12.7. The number of benzene rings is 2. The van der Waals surface area contributed by atoms with Crippen LogP contribution in [0.25, 0.3) is 10.8 Å². The maximum atomic E-state index is 12.7. The van der Waals surface area contributed by atoms with E-state index in [0.717, 1.165) is 21.9 Å². The molecule has 1 saturated heterocycles. The Kier molecular flexibility index (Phi) is 5.48. The van der Waals surface area contributed by atoms with Gasteiger partial charge in [0.15, 0.2) is 0 Å². The van der Waals surface area contributed by atoms with Crippen LogP contribution in [-0.2, 0) is 15.0 Å². The first-order chi connectivity index (χ1) is 13.8. The van der Waals surface area contributed by atoms with Gasteiger partial charge < -0.3 is 19.7 Å². The van der Waals surface area contributed by atoms with Gasteiger partial charge >= 0.3 is 12.2 Å². The van der Waals surface area contributed by atoms with Crippen molar-refractivity contribution in [3.63, 3.8) is 0 Å². The van der Waals surface area contributed by atoms with Crippen molar-refractivity contribution in [1.82, 2.24) is 10.2 Å². The van der Waals surface area contributed by atoms with Gasteiger partial charge in [-0.1, -0.05) is 36.4 Å². The van der Waals surface area contributed by atoms with E-state index in [1.807, 2.05) is 78.8 Å². The number of amides is 2. The van der Waals surface area contributed by atoms with Crippen LogP contribution in [0.5, 0.6) is 0 Å². The molecule has 0 bridgehead atoms. The molecule has 0 aliphatic carbocycles. The second kappa shape index (κ2) is 7.49. The van der Waals surface area contributed by atoms with Crippen LogP contribution in [0.3, 0.4) is 0 Å². The van der Waals surface area contributed by atoms with E-state index in [0.29, 0.717) is 13.1 Å². The SMILES string of the molecule is Cc1ccc2ccccc2c1C1(NC(=O)OC(C)(C)C)CN(C(=O)OC(C)(C)C)C1. The molecule has 0 aromatic heterocycles. The number of hydrogen-bond donors (Lipinski definition) is 1. The fourth-order valence-corrected chi connectivity index (χ4v) is 3.88. The third-order valence-electron chi connectivity index (χ3n) is 4.93.